The fourth-order valence-corrected chi connectivity index (χ4v) is 4.75. The summed E-state index contributed by atoms with van der Waals surface area (Å²) in [6, 6.07) is 13.1. The molecule has 0 unspecified atom stereocenters. The summed E-state index contributed by atoms with van der Waals surface area (Å²) in [5.74, 6) is -2.41. The Kier molecular flexibility index (Phi) is 6.00. The SMILES string of the molecule is COC(=O)CN1C(=O)C(=C2SC(=S)N(NC(=O)c3ccccc3Cl)C2=O)c2ccccc21. The number of carbonyl (C=O) groups is 4. The van der Waals surface area contributed by atoms with Crippen LogP contribution in [0, 0.1) is 0 Å². The summed E-state index contributed by atoms with van der Waals surface area (Å²) in [6.45, 7) is -0.306. The van der Waals surface area contributed by atoms with Gasteiger partial charge >= 0.3 is 5.97 Å². The Labute approximate surface area is 197 Å². The molecule has 0 bridgehead atoms. The molecule has 8 nitrogen and oxygen atoms in total. The van der Waals surface area contributed by atoms with Gasteiger partial charge in [-0.1, -0.05) is 53.7 Å². The highest BCUT2D eigenvalue weighted by Gasteiger charge is 2.43. The van der Waals surface area contributed by atoms with Crippen LogP contribution in [0.25, 0.3) is 5.57 Å². The third-order valence-corrected chi connectivity index (χ3v) is 6.47. The summed E-state index contributed by atoms with van der Waals surface area (Å²) >= 11 is 12.2. The van der Waals surface area contributed by atoms with Crippen molar-refractivity contribution in [3.05, 3.63) is 69.6 Å². The van der Waals surface area contributed by atoms with Gasteiger partial charge in [-0.2, -0.15) is 5.01 Å². The number of benzene rings is 2. The third-order valence-electron chi connectivity index (χ3n) is 4.77. The van der Waals surface area contributed by atoms with E-state index < -0.39 is 23.7 Å². The fraction of sp³-hybridized carbons (Fsp3) is 0.0952. The number of amides is 3. The van der Waals surface area contributed by atoms with Gasteiger partial charge in [-0.05, 0) is 30.4 Å². The van der Waals surface area contributed by atoms with Crippen LogP contribution in [0.2, 0.25) is 5.02 Å². The van der Waals surface area contributed by atoms with Crippen molar-refractivity contribution in [2.75, 3.05) is 18.6 Å². The molecule has 2 aliphatic rings. The summed E-state index contributed by atoms with van der Waals surface area (Å²) in [6.07, 6.45) is 0. The molecule has 0 spiro atoms. The van der Waals surface area contributed by atoms with Crippen molar-refractivity contribution in [3.63, 3.8) is 0 Å². The van der Waals surface area contributed by atoms with E-state index in [9.17, 15) is 19.2 Å². The highest BCUT2D eigenvalue weighted by molar-refractivity contribution is 8.26. The predicted molar refractivity (Wildman–Crippen MR) is 124 cm³/mol. The van der Waals surface area contributed by atoms with Crippen LogP contribution in [0.3, 0.4) is 0 Å². The summed E-state index contributed by atoms with van der Waals surface area (Å²) < 4.78 is 4.73. The van der Waals surface area contributed by atoms with Gasteiger partial charge in [0, 0.05) is 5.56 Å². The van der Waals surface area contributed by atoms with E-state index in [1.54, 1.807) is 42.5 Å². The lowest BCUT2D eigenvalue weighted by atomic mass is 10.1. The van der Waals surface area contributed by atoms with Gasteiger partial charge in [-0.3, -0.25) is 29.5 Å². The molecule has 3 amide bonds. The second kappa shape index (κ2) is 8.73. The molecule has 162 valence electrons. The van der Waals surface area contributed by atoms with Crippen molar-refractivity contribution >= 4 is 74.9 Å². The Hall–Kier alpha value is -3.21. The molecule has 1 saturated heterocycles. The predicted octanol–water partition coefficient (Wildman–Crippen LogP) is 2.78. The zero-order valence-corrected chi connectivity index (χ0v) is 18.8. The van der Waals surface area contributed by atoms with E-state index in [4.69, 9.17) is 23.8 Å². The number of rotatable bonds is 4. The smallest absolute Gasteiger partial charge is 0.325 e. The topological polar surface area (TPSA) is 96.0 Å². The van der Waals surface area contributed by atoms with E-state index in [0.717, 1.165) is 16.8 Å². The Morgan fingerprint density at radius 2 is 1.78 bits per heavy atom. The molecule has 4 rings (SSSR count). The normalized spacial score (nSPS) is 17.6. The summed E-state index contributed by atoms with van der Waals surface area (Å²) in [7, 11) is 1.22. The van der Waals surface area contributed by atoms with E-state index in [2.05, 4.69) is 10.2 Å². The van der Waals surface area contributed by atoms with Crippen molar-refractivity contribution in [1.82, 2.24) is 10.4 Å². The van der Waals surface area contributed by atoms with Gasteiger partial charge in [0.15, 0.2) is 4.32 Å². The number of hydrogen-bond donors (Lipinski definition) is 1. The first-order chi connectivity index (χ1) is 15.3. The standard InChI is InChI=1S/C21H14ClN3O5S2/c1-30-15(26)10-24-14-9-5-3-7-12(14)16(19(24)28)17-20(29)25(21(31)32-17)23-18(27)11-6-2-4-8-13(11)22/h2-9H,10H2,1H3,(H,23,27). The number of ether oxygens (including phenoxy) is 1. The van der Waals surface area contributed by atoms with Crippen molar-refractivity contribution in [2.24, 2.45) is 0 Å². The van der Waals surface area contributed by atoms with Crippen LogP contribution in [0.1, 0.15) is 15.9 Å². The number of carbonyl (C=O) groups excluding carboxylic acids is 4. The van der Waals surface area contributed by atoms with Crippen LogP contribution in [-0.2, 0) is 19.1 Å². The third kappa shape index (κ3) is 3.77. The Bertz CT molecular complexity index is 1230. The van der Waals surface area contributed by atoms with E-state index in [1.165, 1.54) is 18.1 Å². The summed E-state index contributed by atoms with van der Waals surface area (Å²) in [5.41, 5.74) is 3.68. The van der Waals surface area contributed by atoms with Crippen LogP contribution in [0.15, 0.2) is 53.4 Å². The minimum Gasteiger partial charge on any atom is -0.468 e. The number of methoxy groups -OCH3 is 1. The van der Waals surface area contributed by atoms with E-state index in [-0.39, 0.29) is 31.9 Å². The van der Waals surface area contributed by atoms with E-state index >= 15 is 0 Å². The molecular weight excluding hydrogens is 474 g/mol. The van der Waals surface area contributed by atoms with Crippen LogP contribution in [0.4, 0.5) is 5.69 Å². The first kappa shape index (κ1) is 22.0. The number of fused-ring (bicyclic) bond motifs is 1. The van der Waals surface area contributed by atoms with Crippen LogP contribution >= 0.6 is 35.6 Å². The average Bonchev–Trinajstić information content (AvgIpc) is 3.21. The van der Waals surface area contributed by atoms with E-state index in [1.807, 2.05) is 0 Å². The van der Waals surface area contributed by atoms with Gasteiger partial charge < -0.3 is 4.74 Å². The lowest BCUT2D eigenvalue weighted by Crippen LogP contribution is -2.45. The number of hydrogen-bond acceptors (Lipinski definition) is 7. The number of nitrogens with one attached hydrogen (secondary N) is 1. The maximum atomic E-state index is 13.2. The molecule has 0 aliphatic carbocycles. The molecule has 1 N–H and O–H groups in total. The summed E-state index contributed by atoms with van der Waals surface area (Å²) in [5, 5.41) is 1.12. The molecule has 11 heteroatoms. The Morgan fingerprint density at radius 3 is 2.50 bits per heavy atom. The average molecular weight is 488 g/mol. The molecule has 2 aromatic rings. The number of halogens is 1. The van der Waals surface area contributed by atoms with Gasteiger partial charge in [0.2, 0.25) is 0 Å². The zero-order valence-electron chi connectivity index (χ0n) is 16.5. The van der Waals surface area contributed by atoms with Crippen molar-refractivity contribution < 1.29 is 23.9 Å². The molecule has 0 radical (unpaired) electrons. The number of esters is 1. The van der Waals surface area contributed by atoms with Gasteiger partial charge in [0.05, 0.1) is 33.9 Å². The minimum atomic E-state index is -0.654. The fourth-order valence-electron chi connectivity index (χ4n) is 3.27. The number of para-hydroxylation sites is 1. The largest absolute Gasteiger partial charge is 0.468 e. The molecule has 0 atom stereocenters. The van der Waals surface area contributed by atoms with E-state index in [0.29, 0.717) is 11.3 Å². The lowest BCUT2D eigenvalue weighted by Gasteiger charge is -2.16. The first-order valence-corrected chi connectivity index (χ1v) is 10.8. The lowest BCUT2D eigenvalue weighted by molar-refractivity contribution is -0.139. The van der Waals surface area contributed by atoms with Gasteiger partial charge in [-0.15, -0.1) is 0 Å². The molecule has 0 aromatic heterocycles. The van der Waals surface area contributed by atoms with Crippen molar-refractivity contribution in [1.29, 1.82) is 0 Å². The number of thiocarbonyl (C=S) groups is 1. The van der Waals surface area contributed by atoms with Crippen molar-refractivity contribution in [2.45, 2.75) is 0 Å². The second-order valence-corrected chi connectivity index (χ2v) is 8.67. The van der Waals surface area contributed by atoms with Gasteiger partial charge in [0.25, 0.3) is 17.7 Å². The van der Waals surface area contributed by atoms with Crippen LogP contribution in [-0.4, -0.2) is 46.7 Å². The van der Waals surface area contributed by atoms with Gasteiger partial charge in [-0.25, -0.2) is 0 Å². The second-order valence-electron chi connectivity index (χ2n) is 6.62. The molecule has 0 saturated carbocycles. The molecule has 32 heavy (non-hydrogen) atoms. The maximum Gasteiger partial charge on any atom is 0.325 e. The molecule has 1 fully saturated rings. The van der Waals surface area contributed by atoms with Crippen LogP contribution in [0.5, 0.6) is 0 Å². The molecule has 2 aliphatic heterocycles. The number of anilines is 1. The number of hydrazine groups is 1. The molecule has 2 aromatic carbocycles. The number of thioether (sulfide) groups is 1. The maximum absolute atomic E-state index is 13.2. The Morgan fingerprint density at radius 1 is 1.09 bits per heavy atom. The minimum absolute atomic E-state index is 0.0506. The monoisotopic (exact) mass is 487 g/mol. The van der Waals surface area contributed by atoms with Crippen molar-refractivity contribution in [3.8, 4) is 0 Å². The molecule has 2 heterocycles. The first-order valence-electron chi connectivity index (χ1n) is 9.17. The molecular formula is C21H14ClN3O5S2. The quantitative estimate of drug-likeness (QED) is 0.402. The van der Waals surface area contributed by atoms with Gasteiger partial charge in [0.1, 0.15) is 6.54 Å². The highest BCUT2D eigenvalue weighted by atomic mass is 35.5. The zero-order chi connectivity index (χ0) is 23.0. The van der Waals surface area contributed by atoms with Crippen LogP contribution < -0.4 is 10.3 Å². The highest BCUT2D eigenvalue weighted by Crippen LogP contribution is 2.44. The number of nitrogens with zero attached hydrogens (tertiary/aromatic N) is 2. The summed E-state index contributed by atoms with van der Waals surface area (Å²) in [4.78, 5) is 52.0. The Balaban J connectivity index is 1.68.